The van der Waals surface area contributed by atoms with E-state index in [1.807, 2.05) is 24.3 Å². The Morgan fingerprint density at radius 1 is 0.860 bits per heavy atom. The monoisotopic (exact) mass is 801 g/mol. The number of carboxylic acids is 1. The predicted octanol–water partition coefficient (Wildman–Crippen LogP) is 7.75. The van der Waals surface area contributed by atoms with Crippen molar-refractivity contribution in [2.24, 2.45) is 23.7 Å². The lowest BCUT2D eigenvalue weighted by Gasteiger charge is -2.50. The van der Waals surface area contributed by atoms with Crippen molar-refractivity contribution < 1.29 is 38.9 Å². The van der Waals surface area contributed by atoms with E-state index in [2.05, 4.69) is 5.43 Å². The van der Waals surface area contributed by atoms with E-state index in [1.165, 1.54) is 37.4 Å². The molecule has 0 bridgehead atoms. The molecule has 11 nitrogen and oxygen atoms in total. The van der Waals surface area contributed by atoms with Gasteiger partial charge in [-0.1, -0.05) is 89.4 Å². The van der Waals surface area contributed by atoms with E-state index in [0.717, 1.165) is 15.3 Å². The van der Waals surface area contributed by atoms with Crippen LogP contribution in [0, 0.1) is 23.7 Å². The van der Waals surface area contributed by atoms with Crippen molar-refractivity contribution in [1.82, 2.24) is 5.01 Å². The lowest BCUT2D eigenvalue weighted by molar-refractivity contribution is -0.138. The van der Waals surface area contributed by atoms with E-state index < -0.39 is 64.6 Å². The maximum Gasteiger partial charge on any atom is 0.335 e. The highest BCUT2D eigenvalue weighted by Gasteiger charge is 2.70. The summed E-state index contributed by atoms with van der Waals surface area (Å²) < 4.78 is 5.48. The van der Waals surface area contributed by atoms with Crippen LogP contribution in [0.1, 0.15) is 40.2 Å². The highest BCUT2D eigenvalue weighted by atomic mass is 35.5. The Balaban J connectivity index is 1.26. The number of nitrogens with zero attached hydrogens (tertiary/aromatic N) is 2. The van der Waals surface area contributed by atoms with Crippen molar-refractivity contribution in [3.63, 3.8) is 0 Å². The number of aromatic carboxylic acids is 1. The van der Waals surface area contributed by atoms with Crippen LogP contribution in [0.2, 0.25) is 10.0 Å². The van der Waals surface area contributed by atoms with E-state index >= 15 is 9.59 Å². The van der Waals surface area contributed by atoms with Crippen LogP contribution in [0.3, 0.4) is 0 Å². The number of carbonyl (C=O) groups is 5. The molecule has 6 atom stereocenters. The molecular weight excluding hydrogens is 769 g/mol. The standard InChI is InChI=1S/C44H33Cl2N3O8/c1-57-27-13-10-24(11-14-27)44-33(40(52)49(43(44)56)47-35-18-12-25(45)20-34(35)46)21-32-29(37(44)31-15-9-22-5-2-3-8-28(22)38(31)50)16-17-30-36(32)41(53)48(39(30)51)26-7-4-6-23(19-26)42(54)55/h2-16,18-20,30,32-33,36-37,47,50H,17,21H2,1H3,(H,54,55)/t30-,32+,33-,36-,37+,44+/m0/s1. The van der Waals surface area contributed by atoms with Crippen molar-refractivity contribution >= 4 is 74.9 Å². The number of imide groups is 2. The molecule has 4 amide bonds. The molecule has 3 N–H and O–H groups in total. The largest absolute Gasteiger partial charge is 0.507 e. The third kappa shape index (κ3) is 5.36. The molecule has 5 aromatic rings. The van der Waals surface area contributed by atoms with Crippen LogP contribution in [0.4, 0.5) is 11.4 Å². The number of hydrogen-bond donors (Lipinski definition) is 3. The third-order valence-corrected chi connectivity index (χ3v) is 12.7. The molecule has 1 saturated carbocycles. The second-order valence-corrected chi connectivity index (χ2v) is 15.6. The summed E-state index contributed by atoms with van der Waals surface area (Å²) in [5, 5.41) is 24.7. The number of amides is 4. The summed E-state index contributed by atoms with van der Waals surface area (Å²) in [7, 11) is 1.52. The molecule has 0 unspecified atom stereocenters. The minimum Gasteiger partial charge on any atom is -0.507 e. The van der Waals surface area contributed by atoms with Gasteiger partial charge in [-0.25, -0.2) is 4.79 Å². The highest BCUT2D eigenvalue weighted by Crippen LogP contribution is 2.65. The molecule has 2 aliphatic carbocycles. The first-order valence-corrected chi connectivity index (χ1v) is 19.1. The molecule has 9 rings (SSSR count). The van der Waals surface area contributed by atoms with Gasteiger partial charge in [0.05, 0.1) is 52.2 Å². The van der Waals surface area contributed by atoms with Crippen LogP contribution in [0.25, 0.3) is 10.8 Å². The lowest BCUT2D eigenvalue weighted by atomic mass is 9.49. The van der Waals surface area contributed by atoms with Crippen molar-refractivity contribution in [2.75, 3.05) is 17.4 Å². The fraction of sp³-hybridized carbons (Fsp3) is 0.205. The molecule has 4 aliphatic rings. The number of phenols is 1. The van der Waals surface area contributed by atoms with Crippen LogP contribution < -0.4 is 15.1 Å². The number of carboxylic acid groups (broad SMARTS) is 1. The summed E-state index contributed by atoms with van der Waals surface area (Å²) in [5.41, 5.74) is 3.10. The molecule has 2 aliphatic heterocycles. The van der Waals surface area contributed by atoms with E-state index in [9.17, 15) is 24.6 Å². The highest BCUT2D eigenvalue weighted by molar-refractivity contribution is 6.36. The summed E-state index contributed by atoms with van der Waals surface area (Å²) in [6.45, 7) is 0. The number of rotatable bonds is 7. The first-order valence-electron chi connectivity index (χ1n) is 18.3. The molecule has 13 heteroatoms. The van der Waals surface area contributed by atoms with E-state index in [0.29, 0.717) is 32.9 Å². The van der Waals surface area contributed by atoms with Gasteiger partial charge in [0.25, 0.3) is 11.8 Å². The Hall–Kier alpha value is -6.17. The smallest absolute Gasteiger partial charge is 0.335 e. The number of nitrogens with one attached hydrogen (secondary N) is 1. The molecule has 0 spiro atoms. The van der Waals surface area contributed by atoms with Crippen molar-refractivity contribution in [1.29, 1.82) is 0 Å². The van der Waals surface area contributed by atoms with Gasteiger partial charge in [-0.05, 0) is 78.2 Å². The van der Waals surface area contributed by atoms with Crippen LogP contribution >= 0.6 is 23.2 Å². The number of hydrogen-bond acceptors (Lipinski definition) is 8. The minimum atomic E-state index is -1.68. The Bertz CT molecular complexity index is 2610. The molecule has 0 radical (unpaired) electrons. The summed E-state index contributed by atoms with van der Waals surface area (Å²) in [6.07, 6.45) is 2.02. The van der Waals surface area contributed by atoms with Crippen molar-refractivity contribution in [2.45, 2.75) is 24.2 Å². The molecule has 0 aromatic heterocycles. The molecule has 286 valence electrons. The second kappa shape index (κ2) is 13.5. The normalized spacial score (nSPS) is 25.2. The lowest BCUT2D eigenvalue weighted by Crippen LogP contribution is -2.53. The average Bonchev–Trinajstić information content (AvgIpc) is 3.60. The maximum absolute atomic E-state index is 15.6. The van der Waals surface area contributed by atoms with Gasteiger partial charge in [-0.3, -0.25) is 29.5 Å². The number of phenolic OH excluding ortho intramolecular Hbond substituents is 1. The van der Waals surface area contributed by atoms with Gasteiger partial charge in [-0.2, -0.15) is 5.01 Å². The van der Waals surface area contributed by atoms with Crippen LogP contribution in [0.5, 0.6) is 11.5 Å². The molecule has 3 fully saturated rings. The Kier molecular flexibility index (Phi) is 8.63. The zero-order chi connectivity index (χ0) is 39.9. The van der Waals surface area contributed by atoms with Gasteiger partial charge in [0.1, 0.15) is 11.5 Å². The number of ether oxygens (including phenoxy) is 1. The average molecular weight is 803 g/mol. The topological polar surface area (TPSA) is 154 Å². The third-order valence-electron chi connectivity index (χ3n) is 12.2. The number of halogens is 2. The van der Waals surface area contributed by atoms with E-state index in [4.69, 9.17) is 27.9 Å². The number of hydrazine groups is 1. The van der Waals surface area contributed by atoms with Gasteiger partial charge in [0.15, 0.2) is 0 Å². The van der Waals surface area contributed by atoms with Gasteiger partial charge in [0.2, 0.25) is 11.8 Å². The molecule has 5 aromatic carbocycles. The molecule has 2 heterocycles. The number of carbonyl (C=O) groups excluding carboxylic acids is 4. The minimum absolute atomic E-state index is 0.00298. The zero-order valence-electron chi connectivity index (χ0n) is 30.2. The Morgan fingerprint density at radius 3 is 2.37 bits per heavy atom. The van der Waals surface area contributed by atoms with E-state index in [1.54, 1.807) is 54.6 Å². The summed E-state index contributed by atoms with van der Waals surface area (Å²) in [4.78, 5) is 72.4. The van der Waals surface area contributed by atoms with Crippen LogP contribution in [-0.4, -0.2) is 51.9 Å². The number of aromatic hydroxyl groups is 1. The number of anilines is 2. The SMILES string of the molecule is COc1ccc([C@@]23C(=O)N(Nc4ccc(Cl)cc4Cl)C(=O)[C@@H]2C[C@@H]2C(=CC[C@@H]4C(=O)N(c5cccc(C(=O)O)c5)C(=O)[C@@H]42)[C@@H]3c2ccc3ccccc3c2O)cc1. The number of fused-ring (bicyclic) bond motifs is 5. The number of methoxy groups -OCH3 is 1. The van der Waals surface area contributed by atoms with Crippen LogP contribution in [-0.2, 0) is 24.6 Å². The van der Waals surface area contributed by atoms with Crippen molar-refractivity contribution in [3.8, 4) is 11.5 Å². The van der Waals surface area contributed by atoms with Gasteiger partial charge < -0.3 is 14.9 Å². The fourth-order valence-electron chi connectivity index (χ4n) is 9.73. The predicted molar refractivity (Wildman–Crippen MR) is 212 cm³/mol. The summed E-state index contributed by atoms with van der Waals surface area (Å²) in [5.74, 6) is -7.56. The second-order valence-electron chi connectivity index (χ2n) is 14.8. The quantitative estimate of drug-likeness (QED) is 0.111. The van der Waals surface area contributed by atoms with E-state index in [-0.39, 0.29) is 40.6 Å². The zero-order valence-corrected chi connectivity index (χ0v) is 31.7. The number of benzene rings is 5. The van der Waals surface area contributed by atoms with Gasteiger partial charge in [-0.15, -0.1) is 0 Å². The molecular formula is C44H33Cl2N3O8. The first-order chi connectivity index (χ1) is 27.4. The first kappa shape index (κ1) is 36.5. The summed E-state index contributed by atoms with van der Waals surface area (Å²) >= 11 is 12.8. The molecule has 2 saturated heterocycles. The fourth-order valence-corrected chi connectivity index (χ4v) is 10.2. The van der Waals surface area contributed by atoms with Crippen molar-refractivity contribution in [3.05, 3.63) is 142 Å². The maximum atomic E-state index is 15.6. The summed E-state index contributed by atoms with van der Waals surface area (Å²) in [6, 6.07) is 28.1. The van der Waals surface area contributed by atoms with Gasteiger partial charge in [0, 0.05) is 21.9 Å². The van der Waals surface area contributed by atoms with Crippen LogP contribution in [0.15, 0.2) is 115 Å². The van der Waals surface area contributed by atoms with Gasteiger partial charge >= 0.3 is 5.97 Å². The Morgan fingerprint density at radius 2 is 1.63 bits per heavy atom. The molecule has 57 heavy (non-hydrogen) atoms. The Labute approximate surface area is 336 Å². The number of allylic oxidation sites excluding steroid dienone is 2.